The fourth-order valence-corrected chi connectivity index (χ4v) is 2.16. The van der Waals surface area contributed by atoms with Crippen molar-refractivity contribution in [2.45, 2.75) is 26.7 Å². The maximum atomic E-state index is 13.3. The van der Waals surface area contributed by atoms with Gasteiger partial charge in [0.25, 0.3) is 5.91 Å². The summed E-state index contributed by atoms with van der Waals surface area (Å²) < 4.78 is 23.3. The lowest BCUT2D eigenvalue weighted by atomic mass is 10.1. The molecule has 138 valence electrons. The molecule has 0 radical (unpaired) electrons. The van der Waals surface area contributed by atoms with Crippen LogP contribution in [0.3, 0.4) is 0 Å². The lowest BCUT2D eigenvalue weighted by Gasteiger charge is -2.08. The number of nitrogens with one attached hydrogen (secondary N) is 1. The Hall–Kier alpha value is -3.30. The number of nitro benzene ring substituents is 1. The zero-order valence-corrected chi connectivity index (χ0v) is 14.2. The van der Waals surface area contributed by atoms with Crippen molar-refractivity contribution >= 4 is 23.3 Å². The van der Waals surface area contributed by atoms with E-state index < -0.39 is 34.9 Å². The van der Waals surface area contributed by atoms with Gasteiger partial charge in [0, 0.05) is 17.7 Å². The minimum absolute atomic E-state index is 0.00294. The fourth-order valence-electron chi connectivity index (χ4n) is 2.16. The van der Waals surface area contributed by atoms with Crippen LogP contribution in [0.25, 0.3) is 0 Å². The molecule has 2 rings (SSSR count). The van der Waals surface area contributed by atoms with E-state index in [2.05, 4.69) is 10.5 Å². The quantitative estimate of drug-likeness (QED) is 0.474. The summed E-state index contributed by atoms with van der Waals surface area (Å²) in [6, 6.07) is 2.88. The van der Waals surface area contributed by atoms with Gasteiger partial charge in [-0.15, -0.1) is 0 Å². The van der Waals surface area contributed by atoms with Gasteiger partial charge in [-0.2, -0.15) is 4.39 Å². The fraction of sp³-hybridized carbons (Fsp3) is 0.312. The average molecular weight is 365 g/mol. The molecule has 9 nitrogen and oxygen atoms in total. The summed E-state index contributed by atoms with van der Waals surface area (Å²) in [7, 11) is 0. The number of aryl methyl sites for hydroxylation is 1. The molecule has 0 aliphatic heterocycles. The van der Waals surface area contributed by atoms with Crippen molar-refractivity contribution in [2.24, 2.45) is 0 Å². The maximum absolute atomic E-state index is 13.3. The van der Waals surface area contributed by atoms with Crippen molar-refractivity contribution in [3.8, 4) is 0 Å². The number of rotatable bonds is 6. The third-order valence-electron chi connectivity index (χ3n) is 3.38. The van der Waals surface area contributed by atoms with Gasteiger partial charge in [-0.1, -0.05) is 19.0 Å². The number of aromatic nitrogens is 1. The molecule has 2 aromatic rings. The summed E-state index contributed by atoms with van der Waals surface area (Å²) >= 11 is 0. The molecule has 26 heavy (non-hydrogen) atoms. The minimum Gasteiger partial charge on any atom is -0.452 e. The molecule has 1 heterocycles. The highest BCUT2D eigenvalue weighted by molar-refractivity contribution is 5.96. The maximum Gasteiger partial charge on any atom is 0.344 e. The van der Waals surface area contributed by atoms with Crippen LogP contribution in [0.4, 0.5) is 15.8 Å². The SMILES string of the molecule is Cc1noc(C(C)C)c1C(=O)OCC(=O)Nc1ccc(F)c([N+](=O)[O-])c1. The number of carbonyl (C=O) groups excluding carboxylic acids is 2. The van der Waals surface area contributed by atoms with E-state index >= 15 is 0 Å². The van der Waals surface area contributed by atoms with Crippen molar-refractivity contribution in [1.82, 2.24) is 5.16 Å². The van der Waals surface area contributed by atoms with Gasteiger partial charge in [-0.3, -0.25) is 14.9 Å². The Morgan fingerprint density at radius 1 is 1.42 bits per heavy atom. The van der Waals surface area contributed by atoms with E-state index in [0.29, 0.717) is 11.5 Å². The number of benzene rings is 1. The third kappa shape index (κ3) is 4.21. The number of esters is 1. The Kier molecular flexibility index (Phi) is 5.65. The molecule has 0 unspecified atom stereocenters. The number of ether oxygens (including phenoxy) is 1. The normalized spacial score (nSPS) is 10.7. The first-order valence-electron chi connectivity index (χ1n) is 7.57. The molecule has 0 saturated carbocycles. The average Bonchev–Trinajstić information content (AvgIpc) is 2.96. The van der Waals surface area contributed by atoms with Crippen LogP contribution >= 0.6 is 0 Å². The standard InChI is InChI=1S/C16H16FN3O6/c1-8(2)15-14(9(3)19-26-15)16(22)25-7-13(21)18-10-4-5-11(17)12(6-10)20(23)24/h4-6,8H,7H2,1-3H3,(H,18,21). The Balaban J connectivity index is 2.01. The van der Waals surface area contributed by atoms with Crippen LogP contribution in [0.5, 0.6) is 0 Å². The van der Waals surface area contributed by atoms with Crippen LogP contribution in [0.2, 0.25) is 0 Å². The van der Waals surface area contributed by atoms with Gasteiger partial charge in [0.2, 0.25) is 5.82 Å². The molecule has 0 fully saturated rings. The highest BCUT2D eigenvalue weighted by Gasteiger charge is 2.24. The van der Waals surface area contributed by atoms with Gasteiger partial charge in [0.05, 0.1) is 10.6 Å². The lowest BCUT2D eigenvalue weighted by molar-refractivity contribution is -0.387. The smallest absolute Gasteiger partial charge is 0.344 e. The lowest BCUT2D eigenvalue weighted by Crippen LogP contribution is -2.21. The molecule has 0 bridgehead atoms. The van der Waals surface area contributed by atoms with Crippen LogP contribution in [0.15, 0.2) is 22.7 Å². The number of hydrogen-bond acceptors (Lipinski definition) is 7. The number of halogens is 1. The number of nitro groups is 1. The molecule has 1 N–H and O–H groups in total. The van der Waals surface area contributed by atoms with Gasteiger partial charge in [0.1, 0.15) is 5.56 Å². The van der Waals surface area contributed by atoms with Crippen molar-refractivity contribution in [1.29, 1.82) is 0 Å². The Bertz CT molecular complexity index is 862. The predicted octanol–water partition coefficient (Wildman–Crippen LogP) is 2.95. The van der Waals surface area contributed by atoms with E-state index in [1.54, 1.807) is 6.92 Å². The molecule has 1 aromatic carbocycles. The second kappa shape index (κ2) is 7.72. The zero-order valence-electron chi connectivity index (χ0n) is 14.2. The topological polar surface area (TPSA) is 125 Å². The number of nitrogens with zero attached hydrogens (tertiary/aromatic N) is 2. The third-order valence-corrected chi connectivity index (χ3v) is 3.38. The van der Waals surface area contributed by atoms with Gasteiger partial charge >= 0.3 is 11.7 Å². The van der Waals surface area contributed by atoms with Gasteiger partial charge in [-0.25, -0.2) is 4.79 Å². The highest BCUT2D eigenvalue weighted by Crippen LogP contribution is 2.23. The summed E-state index contributed by atoms with van der Waals surface area (Å²) in [6.45, 7) is 4.56. The number of hydrogen-bond donors (Lipinski definition) is 1. The summed E-state index contributed by atoms with van der Waals surface area (Å²) in [5, 5.41) is 16.7. The number of anilines is 1. The van der Waals surface area contributed by atoms with Crippen molar-refractivity contribution in [2.75, 3.05) is 11.9 Å². The molecule has 10 heteroatoms. The van der Waals surface area contributed by atoms with Crippen molar-refractivity contribution < 1.29 is 28.2 Å². The first-order valence-corrected chi connectivity index (χ1v) is 7.57. The van der Waals surface area contributed by atoms with E-state index in [9.17, 15) is 24.1 Å². The molecule has 0 atom stereocenters. The predicted molar refractivity (Wildman–Crippen MR) is 87.3 cm³/mol. The van der Waals surface area contributed by atoms with E-state index in [1.807, 2.05) is 13.8 Å². The van der Waals surface area contributed by atoms with Crippen LogP contribution < -0.4 is 5.32 Å². The van der Waals surface area contributed by atoms with Crippen LogP contribution in [-0.2, 0) is 9.53 Å². The van der Waals surface area contributed by atoms with Crippen molar-refractivity contribution in [3.05, 3.63) is 51.1 Å². The van der Waals surface area contributed by atoms with Crippen LogP contribution in [0, 0.1) is 22.9 Å². The van der Waals surface area contributed by atoms with Crippen LogP contribution in [0.1, 0.15) is 41.6 Å². The molecule has 1 aromatic heterocycles. The van der Waals surface area contributed by atoms with Gasteiger partial charge in [0.15, 0.2) is 12.4 Å². The van der Waals surface area contributed by atoms with Crippen LogP contribution in [-0.4, -0.2) is 28.6 Å². The van der Waals surface area contributed by atoms with Gasteiger partial charge in [-0.05, 0) is 19.1 Å². The number of carbonyl (C=O) groups is 2. The molecule has 0 saturated heterocycles. The highest BCUT2D eigenvalue weighted by atomic mass is 19.1. The monoisotopic (exact) mass is 365 g/mol. The van der Waals surface area contributed by atoms with Gasteiger partial charge < -0.3 is 14.6 Å². The summed E-state index contributed by atoms with van der Waals surface area (Å²) in [6.07, 6.45) is 0. The Labute approximate surface area is 147 Å². The van der Waals surface area contributed by atoms with E-state index in [1.165, 1.54) is 0 Å². The Morgan fingerprint density at radius 2 is 2.12 bits per heavy atom. The molecular weight excluding hydrogens is 349 g/mol. The first kappa shape index (κ1) is 19.0. The number of amides is 1. The zero-order chi connectivity index (χ0) is 19.4. The summed E-state index contributed by atoms with van der Waals surface area (Å²) in [4.78, 5) is 33.8. The van der Waals surface area contributed by atoms with E-state index in [-0.39, 0.29) is 17.2 Å². The minimum atomic E-state index is -1.02. The Morgan fingerprint density at radius 3 is 2.73 bits per heavy atom. The second-order valence-electron chi connectivity index (χ2n) is 5.71. The van der Waals surface area contributed by atoms with Crippen molar-refractivity contribution in [3.63, 3.8) is 0 Å². The summed E-state index contributed by atoms with van der Waals surface area (Å²) in [5.74, 6) is -2.29. The van der Waals surface area contributed by atoms with E-state index in [0.717, 1.165) is 18.2 Å². The molecule has 0 aliphatic carbocycles. The van der Waals surface area contributed by atoms with E-state index in [4.69, 9.17) is 9.26 Å². The molecular formula is C16H16FN3O6. The molecule has 0 aliphatic rings. The summed E-state index contributed by atoms with van der Waals surface area (Å²) in [5.41, 5.74) is -0.275. The largest absolute Gasteiger partial charge is 0.452 e. The first-order chi connectivity index (χ1) is 12.2. The molecule has 1 amide bonds. The second-order valence-corrected chi connectivity index (χ2v) is 5.71. The molecule has 0 spiro atoms.